The van der Waals surface area contributed by atoms with Gasteiger partial charge in [-0.2, -0.15) is 0 Å². The Morgan fingerprint density at radius 3 is 2.53 bits per heavy atom. The molecule has 1 aromatic heterocycles. The van der Waals surface area contributed by atoms with Crippen LogP contribution in [0.1, 0.15) is 12.1 Å². The van der Waals surface area contributed by atoms with E-state index in [0.717, 1.165) is 5.69 Å². The van der Waals surface area contributed by atoms with Gasteiger partial charge in [0.25, 0.3) is 0 Å². The van der Waals surface area contributed by atoms with Gasteiger partial charge in [0.1, 0.15) is 11.5 Å². The first-order chi connectivity index (χ1) is 15.4. The Kier molecular flexibility index (Phi) is 6.34. The Morgan fingerprint density at radius 1 is 1.19 bits per heavy atom. The second-order valence-electron chi connectivity index (χ2n) is 7.34. The molecule has 1 aliphatic heterocycles. The topological polar surface area (TPSA) is 72.0 Å². The summed E-state index contributed by atoms with van der Waals surface area (Å²) in [7, 11) is 3.02. The van der Waals surface area contributed by atoms with Crippen molar-refractivity contribution in [3.63, 3.8) is 0 Å². The van der Waals surface area contributed by atoms with Crippen molar-refractivity contribution in [3.8, 4) is 11.5 Å². The molecule has 166 valence electrons. The SMILES string of the molecule is COc1cc(OC)c(N2C[C@@H](C(=O)N(c3ccccc3)c3nc(C)cs3)CC2=O)cc1Cl. The van der Waals surface area contributed by atoms with E-state index in [-0.39, 0.29) is 24.8 Å². The molecule has 2 amide bonds. The lowest BCUT2D eigenvalue weighted by atomic mass is 10.1. The van der Waals surface area contributed by atoms with Gasteiger partial charge in [0, 0.05) is 24.4 Å². The third-order valence-corrected chi connectivity index (χ3v) is 6.49. The van der Waals surface area contributed by atoms with Crippen LogP contribution in [0.15, 0.2) is 47.8 Å². The lowest BCUT2D eigenvalue weighted by Gasteiger charge is -2.24. The van der Waals surface area contributed by atoms with E-state index in [4.69, 9.17) is 21.1 Å². The van der Waals surface area contributed by atoms with Crippen LogP contribution >= 0.6 is 22.9 Å². The first kappa shape index (κ1) is 22.1. The molecule has 1 atom stereocenters. The van der Waals surface area contributed by atoms with Crippen LogP contribution in [-0.2, 0) is 9.59 Å². The minimum atomic E-state index is -0.544. The zero-order valence-electron chi connectivity index (χ0n) is 17.9. The first-order valence-corrected chi connectivity index (χ1v) is 11.2. The van der Waals surface area contributed by atoms with Crippen LogP contribution in [0.4, 0.5) is 16.5 Å². The summed E-state index contributed by atoms with van der Waals surface area (Å²) in [6.07, 6.45) is 0.0827. The summed E-state index contributed by atoms with van der Waals surface area (Å²) >= 11 is 7.69. The molecule has 0 unspecified atom stereocenters. The van der Waals surface area contributed by atoms with Gasteiger partial charge in [-0.15, -0.1) is 11.3 Å². The van der Waals surface area contributed by atoms with Crippen molar-refractivity contribution >= 4 is 51.3 Å². The monoisotopic (exact) mass is 471 g/mol. The molecule has 2 heterocycles. The molecule has 1 saturated heterocycles. The van der Waals surface area contributed by atoms with Gasteiger partial charge in [0.2, 0.25) is 11.8 Å². The van der Waals surface area contributed by atoms with Crippen LogP contribution in [0, 0.1) is 12.8 Å². The minimum Gasteiger partial charge on any atom is -0.495 e. The summed E-state index contributed by atoms with van der Waals surface area (Å²) in [5.74, 6) is -0.00669. The van der Waals surface area contributed by atoms with E-state index in [0.29, 0.717) is 33.0 Å². The summed E-state index contributed by atoms with van der Waals surface area (Å²) in [5.41, 5.74) is 2.05. The Balaban J connectivity index is 1.66. The molecule has 2 aromatic carbocycles. The maximum absolute atomic E-state index is 13.6. The van der Waals surface area contributed by atoms with Crippen LogP contribution < -0.4 is 19.3 Å². The van der Waals surface area contributed by atoms with Gasteiger partial charge >= 0.3 is 0 Å². The molecule has 0 saturated carbocycles. The van der Waals surface area contributed by atoms with Crippen LogP contribution in [0.3, 0.4) is 0 Å². The van der Waals surface area contributed by atoms with Crippen molar-refractivity contribution in [2.24, 2.45) is 5.92 Å². The predicted octanol–water partition coefficient (Wildman–Crippen LogP) is 4.84. The maximum atomic E-state index is 13.6. The molecule has 1 aliphatic rings. The number of benzene rings is 2. The van der Waals surface area contributed by atoms with E-state index in [1.54, 1.807) is 21.9 Å². The molecular formula is C23H22ClN3O4S. The molecule has 3 aromatic rings. The Morgan fingerprint density at radius 2 is 1.91 bits per heavy atom. The number of ether oxygens (including phenoxy) is 2. The molecule has 1 fully saturated rings. The molecule has 9 heteroatoms. The standard InChI is InChI=1S/C23H22ClN3O4S/c1-14-13-32-23(25-14)27(16-7-5-4-6-8-16)22(29)15-9-21(28)26(12-15)18-10-17(24)19(30-2)11-20(18)31-3/h4-8,10-11,13,15H,9,12H2,1-3H3/t15-/m0/s1. The number of aromatic nitrogens is 1. The van der Waals surface area contributed by atoms with Crippen molar-refractivity contribution in [1.82, 2.24) is 4.98 Å². The number of aryl methyl sites for hydroxylation is 1. The van der Waals surface area contributed by atoms with Crippen LogP contribution in [0.2, 0.25) is 5.02 Å². The summed E-state index contributed by atoms with van der Waals surface area (Å²) in [6, 6.07) is 12.6. The summed E-state index contributed by atoms with van der Waals surface area (Å²) in [4.78, 5) is 34.2. The fourth-order valence-electron chi connectivity index (χ4n) is 3.70. The van der Waals surface area contributed by atoms with E-state index >= 15 is 0 Å². The lowest BCUT2D eigenvalue weighted by Crippen LogP contribution is -2.34. The van der Waals surface area contributed by atoms with E-state index in [9.17, 15) is 9.59 Å². The van der Waals surface area contributed by atoms with E-state index in [2.05, 4.69) is 4.98 Å². The molecule has 0 bridgehead atoms. The number of nitrogens with zero attached hydrogens (tertiary/aromatic N) is 3. The number of hydrogen-bond donors (Lipinski definition) is 0. The maximum Gasteiger partial charge on any atom is 0.238 e. The van der Waals surface area contributed by atoms with Crippen molar-refractivity contribution in [2.45, 2.75) is 13.3 Å². The average Bonchev–Trinajstić information content (AvgIpc) is 3.40. The largest absolute Gasteiger partial charge is 0.495 e. The van der Waals surface area contributed by atoms with Crippen molar-refractivity contribution < 1.29 is 19.1 Å². The smallest absolute Gasteiger partial charge is 0.238 e. The fourth-order valence-corrected chi connectivity index (χ4v) is 4.76. The number of rotatable bonds is 6. The molecule has 0 spiro atoms. The van der Waals surface area contributed by atoms with Crippen LogP contribution in [0.5, 0.6) is 11.5 Å². The minimum absolute atomic E-state index is 0.0827. The van der Waals surface area contributed by atoms with Gasteiger partial charge in [-0.1, -0.05) is 29.8 Å². The zero-order chi connectivity index (χ0) is 22.8. The van der Waals surface area contributed by atoms with Crippen LogP contribution in [0.25, 0.3) is 0 Å². The number of hydrogen-bond acceptors (Lipinski definition) is 6. The number of methoxy groups -OCH3 is 2. The molecule has 0 aliphatic carbocycles. The van der Waals surface area contributed by atoms with Crippen molar-refractivity contribution in [2.75, 3.05) is 30.6 Å². The van der Waals surface area contributed by atoms with E-state index < -0.39 is 5.92 Å². The number of amides is 2. The molecule has 32 heavy (non-hydrogen) atoms. The second kappa shape index (κ2) is 9.18. The van der Waals surface area contributed by atoms with Crippen LogP contribution in [-0.4, -0.2) is 37.6 Å². The predicted molar refractivity (Wildman–Crippen MR) is 125 cm³/mol. The van der Waals surface area contributed by atoms with Gasteiger partial charge in [-0.05, 0) is 25.1 Å². The summed E-state index contributed by atoms with van der Waals surface area (Å²) in [6.45, 7) is 2.10. The zero-order valence-corrected chi connectivity index (χ0v) is 19.4. The molecular weight excluding hydrogens is 450 g/mol. The Hall–Kier alpha value is -3.10. The number of para-hydroxylation sites is 1. The number of carbonyl (C=O) groups is 2. The normalized spacial score (nSPS) is 15.7. The number of halogens is 1. The number of anilines is 3. The third-order valence-electron chi connectivity index (χ3n) is 5.25. The van der Waals surface area contributed by atoms with Gasteiger partial charge in [0.15, 0.2) is 5.13 Å². The summed E-state index contributed by atoms with van der Waals surface area (Å²) < 4.78 is 10.7. The third kappa shape index (κ3) is 4.16. The quantitative estimate of drug-likeness (QED) is 0.514. The fraction of sp³-hybridized carbons (Fsp3) is 0.261. The Bertz CT molecular complexity index is 1150. The Labute approximate surface area is 195 Å². The lowest BCUT2D eigenvalue weighted by molar-refractivity contribution is -0.123. The second-order valence-corrected chi connectivity index (χ2v) is 8.59. The van der Waals surface area contributed by atoms with Crippen molar-refractivity contribution in [3.05, 3.63) is 58.6 Å². The van der Waals surface area contributed by atoms with Gasteiger partial charge in [-0.25, -0.2) is 4.98 Å². The summed E-state index contributed by atoms with van der Waals surface area (Å²) in [5, 5.41) is 2.83. The highest BCUT2D eigenvalue weighted by Crippen LogP contribution is 2.41. The van der Waals surface area contributed by atoms with Gasteiger partial charge < -0.3 is 14.4 Å². The van der Waals surface area contributed by atoms with E-state index in [1.165, 1.54) is 25.6 Å². The van der Waals surface area contributed by atoms with Gasteiger partial charge in [-0.3, -0.25) is 14.5 Å². The highest BCUT2D eigenvalue weighted by molar-refractivity contribution is 7.14. The number of thiazole rings is 1. The number of carbonyl (C=O) groups excluding carboxylic acids is 2. The molecule has 0 N–H and O–H groups in total. The highest BCUT2D eigenvalue weighted by atomic mass is 35.5. The average molecular weight is 472 g/mol. The molecule has 0 radical (unpaired) electrons. The van der Waals surface area contributed by atoms with E-state index in [1.807, 2.05) is 42.6 Å². The van der Waals surface area contributed by atoms with Gasteiger partial charge in [0.05, 0.1) is 42.2 Å². The first-order valence-electron chi connectivity index (χ1n) is 9.96. The molecule has 7 nitrogen and oxygen atoms in total. The highest BCUT2D eigenvalue weighted by Gasteiger charge is 2.40. The molecule has 4 rings (SSSR count). The van der Waals surface area contributed by atoms with Crippen molar-refractivity contribution in [1.29, 1.82) is 0 Å².